The monoisotopic (exact) mass is 334 g/mol. The number of carbonyl (C=O) groups excluding carboxylic acids is 3. The smallest absolute Gasteiger partial charge is 0.338 e. The molecular weight excluding hydrogens is 316 g/mol. The molecule has 1 aromatic carbocycles. The number of fused-ring (bicyclic) bond motifs is 1. The number of likely N-dealkylation sites (tertiary alicyclic amines) is 1. The summed E-state index contributed by atoms with van der Waals surface area (Å²) in [4.78, 5) is 37.1. The Morgan fingerprint density at radius 1 is 1.21 bits per heavy atom. The third-order valence-corrected chi connectivity index (χ3v) is 4.09. The molecule has 0 aliphatic carbocycles. The van der Waals surface area contributed by atoms with Gasteiger partial charge in [0.25, 0.3) is 5.91 Å². The van der Waals surface area contributed by atoms with Crippen LogP contribution in [0.4, 0.5) is 0 Å². The molecule has 128 valence electrons. The maximum Gasteiger partial charge on any atom is 0.338 e. The van der Waals surface area contributed by atoms with Gasteiger partial charge in [0.2, 0.25) is 12.7 Å². The molecule has 0 saturated carbocycles. The summed E-state index contributed by atoms with van der Waals surface area (Å²) in [6.45, 7) is 0.112. The molecule has 0 aromatic heterocycles. The number of nitrogens with two attached hydrogens (primary N) is 1. The number of ether oxygens (including phenoxy) is 3. The number of amides is 2. The van der Waals surface area contributed by atoms with Crippen LogP contribution >= 0.6 is 0 Å². The molecule has 1 fully saturated rings. The van der Waals surface area contributed by atoms with E-state index in [4.69, 9.17) is 19.9 Å². The van der Waals surface area contributed by atoms with E-state index in [1.165, 1.54) is 17.0 Å². The van der Waals surface area contributed by atoms with E-state index < -0.39 is 30.4 Å². The van der Waals surface area contributed by atoms with Crippen LogP contribution < -0.4 is 15.2 Å². The summed E-state index contributed by atoms with van der Waals surface area (Å²) < 4.78 is 15.4. The highest BCUT2D eigenvalue weighted by Gasteiger charge is 2.31. The van der Waals surface area contributed by atoms with Crippen LogP contribution in [-0.4, -0.2) is 48.7 Å². The first-order chi connectivity index (χ1) is 11.6. The summed E-state index contributed by atoms with van der Waals surface area (Å²) in [7, 11) is 0. The van der Waals surface area contributed by atoms with Gasteiger partial charge in [-0.15, -0.1) is 0 Å². The molecule has 2 N–H and O–H groups in total. The zero-order valence-electron chi connectivity index (χ0n) is 13.0. The molecule has 2 aliphatic rings. The zero-order valence-corrected chi connectivity index (χ0v) is 13.0. The fourth-order valence-electron chi connectivity index (χ4n) is 2.84. The Kier molecular flexibility index (Phi) is 4.54. The van der Waals surface area contributed by atoms with Crippen molar-refractivity contribution in [1.29, 1.82) is 0 Å². The minimum Gasteiger partial charge on any atom is -0.454 e. The number of carbonyl (C=O) groups is 3. The van der Waals surface area contributed by atoms with Gasteiger partial charge in [0.1, 0.15) is 6.04 Å². The van der Waals surface area contributed by atoms with Crippen LogP contribution in [0, 0.1) is 0 Å². The lowest BCUT2D eigenvalue weighted by Crippen LogP contribution is -2.51. The Labute approximate surface area is 138 Å². The van der Waals surface area contributed by atoms with Crippen LogP contribution in [0.25, 0.3) is 0 Å². The predicted molar refractivity (Wildman–Crippen MR) is 81.4 cm³/mol. The minimum atomic E-state index is -0.644. The Balaban J connectivity index is 1.59. The van der Waals surface area contributed by atoms with E-state index in [2.05, 4.69) is 0 Å². The molecule has 2 amide bonds. The maximum atomic E-state index is 12.2. The first kappa shape index (κ1) is 16.1. The average Bonchev–Trinajstić information content (AvgIpc) is 3.06. The molecule has 1 atom stereocenters. The van der Waals surface area contributed by atoms with Crippen molar-refractivity contribution in [2.45, 2.75) is 25.3 Å². The van der Waals surface area contributed by atoms with Crippen molar-refractivity contribution < 1.29 is 28.6 Å². The van der Waals surface area contributed by atoms with E-state index in [1.54, 1.807) is 6.07 Å². The van der Waals surface area contributed by atoms with Crippen LogP contribution in [-0.2, 0) is 14.3 Å². The summed E-state index contributed by atoms with van der Waals surface area (Å²) >= 11 is 0. The highest BCUT2D eigenvalue weighted by Crippen LogP contribution is 2.32. The molecule has 0 spiro atoms. The fourth-order valence-corrected chi connectivity index (χ4v) is 2.84. The average molecular weight is 334 g/mol. The lowest BCUT2D eigenvalue weighted by molar-refractivity contribution is -0.143. The van der Waals surface area contributed by atoms with Crippen molar-refractivity contribution >= 4 is 17.8 Å². The molecule has 0 bridgehead atoms. The molecular formula is C16H18N2O6. The van der Waals surface area contributed by atoms with Gasteiger partial charge in [0, 0.05) is 6.54 Å². The van der Waals surface area contributed by atoms with Crippen molar-refractivity contribution in [2.75, 3.05) is 19.9 Å². The van der Waals surface area contributed by atoms with Gasteiger partial charge < -0.3 is 24.8 Å². The first-order valence-electron chi connectivity index (χ1n) is 7.72. The van der Waals surface area contributed by atoms with Crippen molar-refractivity contribution in [2.24, 2.45) is 5.73 Å². The largest absolute Gasteiger partial charge is 0.454 e. The van der Waals surface area contributed by atoms with E-state index in [0.29, 0.717) is 24.5 Å². The van der Waals surface area contributed by atoms with Gasteiger partial charge in [0.05, 0.1) is 5.56 Å². The summed E-state index contributed by atoms with van der Waals surface area (Å²) in [5.41, 5.74) is 5.59. The topological polar surface area (TPSA) is 108 Å². The molecule has 2 aliphatic heterocycles. The summed E-state index contributed by atoms with van der Waals surface area (Å²) in [5.74, 6) is -0.590. The molecule has 3 rings (SSSR count). The van der Waals surface area contributed by atoms with Crippen molar-refractivity contribution in [1.82, 2.24) is 4.90 Å². The third-order valence-electron chi connectivity index (χ3n) is 4.09. The highest BCUT2D eigenvalue weighted by atomic mass is 16.7. The highest BCUT2D eigenvalue weighted by molar-refractivity contribution is 5.93. The first-order valence-corrected chi connectivity index (χ1v) is 7.72. The quantitative estimate of drug-likeness (QED) is 0.800. The summed E-state index contributed by atoms with van der Waals surface area (Å²) in [5, 5.41) is 0. The number of esters is 1. The third kappa shape index (κ3) is 3.27. The van der Waals surface area contributed by atoms with E-state index in [0.717, 1.165) is 12.8 Å². The molecule has 0 radical (unpaired) electrons. The molecule has 0 unspecified atom stereocenters. The normalized spacial score (nSPS) is 19.0. The van der Waals surface area contributed by atoms with Crippen molar-refractivity contribution in [3.8, 4) is 11.5 Å². The van der Waals surface area contributed by atoms with Gasteiger partial charge in [0.15, 0.2) is 18.1 Å². The van der Waals surface area contributed by atoms with E-state index in [-0.39, 0.29) is 12.4 Å². The Morgan fingerprint density at radius 2 is 2.00 bits per heavy atom. The Bertz CT molecular complexity index is 675. The van der Waals surface area contributed by atoms with Gasteiger partial charge >= 0.3 is 5.97 Å². The van der Waals surface area contributed by atoms with Crippen LogP contribution in [0.15, 0.2) is 18.2 Å². The van der Waals surface area contributed by atoms with E-state index >= 15 is 0 Å². The lowest BCUT2D eigenvalue weighted by atomic mass is 10.0. The maximum absolute atomic E-state index is 12.2. The number of rotatable bonds is 4. The van der Waals surface area contributed by atoms with Gasteiger partial charge in [-0.1, -0.05) is 0 Å². The van der Waals surface area contributed by atoms with Crippen LogP contribution in [0.5, 0.6) is 11.5 Å². The molecule has 1 aromatic rings. The number of hydrogen-bond acceptors (Lipinski definition) is 6. The summed E-state index contributed by atoms with van der Waals surface area (Å²) in [6, 6.07) is 4.01. The Hall–Kier alpha value is -2.77. The Morgan fingerprint density at radius 3 is 2.79 bits per heavy atom. The second-order valence-corrected chi connectivity index (χ2v) is 5.65. The molecule has 1 saturated heterocycles. The van der Waals surface area contributed by atoms with Crippen molar-refractivity contribution in [3.63, 3.8) is 0 Å². The summed E-state index contributed by atoms with van der Waals surface area (Å²) in [6.07, 6.45) is 2.18. The molecule has 2 heterocycles. The van der Waals surface area contributed by atoms with Crippen LogP contribution in [0.2, 0.25) is 0 Å². The molecule has 24 heavy (non-hydrogen) atoms. The second-order valence-electron chi connectivity index (χ2n) is 5.65. The van der Waals surface area contributed by atoms with Crippen molar-refractivity contribution in [3.05, 3.63) is 23.8 Å². The van der Waals surface area contributed by atoms with Crippen LogP contribution in [0.3, 0.4) is 0 Å². The number of piperidine rings is 1. The fraction of sp³-hybridized carbons (Fsp3) is 0.438. The van der Waals surface area contributed by atoms with Gasteiger partial charge in [-0.05, 0) is 37.5 Å². The number of benzene rings is 1. The number of primary amides is 1. The zero-order chi connectivity index (χ0) is 17.1. The second kappa shape index (κ2) is 6.77. The van der Waals surface area contributed by atoms with Gasteiger partial charge in [-0.2, -0.15) is 0 Å². The predicted octanol–water partition coefficient (Wildman–Crippen LogP) is 0.438. The number of hydrogen-bond donors (Lipinski definition) is 1. The minimum absolute atomic E-state index is 0.107. The van der Waals surface area contributed by atoms with E-state index in [9.17, 15) is 14.4 Å². The van der Waals surface area contributed by atoms with Gasteiger partial charge in [-0.3, -0.25) is 9.59 Å². The molecule has 8 nitrogen and oxygen atoms in total. The SMILES string of the molecule is NC(=O)[C@@H]1CCCCN1C(=O)COC(=O)c1ccc2c(c1)OCO2. The van der Waals surface area contributed by atoms with Crippen LogP contribution in [0.1, 0.15) is 29.6 Å². The van der Waals surface area contributed by atoms with Gasteiger partial charge in [-0.25, -0.2) is 4.79 Å². The number of nitrogens with zero attached hydrogens (tertiary/aromatic N) is 1. The van der Waals surface area contributed by atoms with E-state index in [1.807, 2.05) is 0 Å². The lowest BCUT2D eigenvalue weighted by Gasteiger charge is -2.33. The standard InChI is InChI=1S/C16H18N2O6/c17-15(20)11-3-1-2-6-18(11)14(19)8-22-16(21)10-4-5-12-13(7-10)24-9-23-12/h4-5,7,11H,1-3,6,8-9H2,(H2,17,20)/t11-/m0/s1. The molecule has 8 heteroatoms.